The van der Waals surface area contributed by atoms with Gasteiger partial charge in [0.1, 0.15) is 6.33 Å². The molecule has 3 heterocycles. The second kappa shape index (κ2) is 7.34. The van der Waals surface area contributed by atoms with Crippen LogP contribution < -0.4 is 9.47 Å². The van der Waals surface area contributed by atoms with Gasteiger partial charge in [0, 0.05) is 25.3 Å². The van der Waals surface area contributed by atoms with E-state index in [2.05, 4.69) is 33.5 Å². The molecule has 0 saturated heterocycles. The van der Waals surface area contributed by atoms with Gasteiger partial charge in [0.25, 0.3) is 5.78 Å². The Morgan fingerprint density at radius 1 is 1.30 bits per heavy atom. The summed E-state index contributed by atoms with van der Waals surface area (Å²) < 4.78 is 12.5. The van der Waals surface area contributed by atoms with Gasteiger partial charge >= 0.3 is 0 Å². The molecular formula is C19H21N5O3. The molecule has 0 aliphatic carbocycles. The van der Waals surface area contributed by atoms with E-state index >= 15 is 0 Å². The minimum absolute atomic E-state index is 0.0523. The minimum atomic E-state index is 0.0523. The lowest BCUT2D eigenvalue weighted by atomic mass is 10.0. The average Bonchev–Trinajstić information content (AvgIpc) is 3.34. The number of fused-ring (bicyclic) bond motifs is 2. The predicted molar refractivity (Wildman–Crippen MR) is 99.5 cm³/mol. The SMILES string of the molecule is C=C(CN(CCO)C(C)c1ccc2c(c1)OCO2)c1ccnc2ncnn12. The zero-order chi connectivity index (χ0) is 18.8. The van der Waals surface area contributed by atoms with Crippen LogP contribution in [0, 0.1) is 0 Å². The molecule has 2 aromatic heterocycles. The van der Waals surface area contributed by atoms with Crippen LogP contribution in [0.3, 0.4) is 0 Å². The number of aliphatic hydroxyl groups excluding tert-OH is 1. The van der Waals surface area contributed by atoms with Gasteiger partial charge in [-0.2, -0.15) is 14.6 Å². The van der Waals surface area contributed by atoms with E-state index in [0.717, 1.165) is 28.3 Å². The van der Waals surface area contributed by atoms with Gasteiger partial charge in [0.05, 0.1) is 12.3 Å². The van der Waals surface area contributed by atoms with E-state index in [1.165, 1.54) is 6.33 Å². The Kier molecular flexibility index (Phi) is 4.74. The maximum absolute atomic E-state index is 9.56. The van der Waals surface area contributed by atoms with E-state index in [9.17, 15) is 5.11 Å². The summed E-state index contributed by atoms with van der Waals surface area (Å²) in [4.78, 5) is 10.5. The molecule has 140 valence electrons. The lowest BCUT2D eigenvalue weighted by Crippen LogP contribution is -2.31. The molecule has 8 nitrogen and oxygen atoms in total. The molecule has 1 N–H and O–H groups in total. The quantitative estimate of drug-likeness (QED) is 0.683. The largest absolute Gasteiger partial charge is 0.454 e. The van der Waals surface area contributed by atoms with Crippen molar-refractivity contribution in [2.24, 2.45) is 0 Å². The Morgan fingerprint density at radius 2 is 2.15 bits per heavy atom. The number of hydrogen-bond donors (Lipinski definition) is 1. The fourth-order valence-corrected chi connectivity index (χ4v) is 3.25. The third-order valence-electron chi connectivity index (χ3n) is 4.75. The van der Waals surface area contributed by atoms with Gasteiger partial charge in [-0.3, -0.25) is 4.90 Å². The van der Waals surface area contributed by atoms with Crippen LogP contribution in [-0.4, -0.2) is 56.1 Å². The molecule has 0 amide bonds. The molecule has 0 spiro atoms. The van der Waals surface area contributed by atoms with Gasteiger partial charge in [-0.25, -0.2) is 4.98 Å². The highest BCUT2D eigenvalue weighted by Gasteiger charge is 2.21. The summed E-state index contributed by atoms with van der Waals surface area (Å²) >= 11 is 0. The molecule has 3 aromatic rings. The first-order chi connectivity index (χ1) is 13.2. The van der Waals surface area contributed by atoms with Crippen molar-refractivity contribution >= 4 is 11.4 Å². The van der Waals surface area contributed by atoms with Gasteiger partial charge in [-0.1, -0.05) is 12.6 Å². The molecule has 27 heavy (non-hydrogen) atoms. The molecule has 1 aliphatic rings. The number of aliphatic hydroxyl groups is 1. The first-order valence-corrected chi connectivity index (χ1v) is 8.74. The Balaban J connectivity index is 1.57. The Bertz CT molecular complexity index is 971. The lowest BCUT2D eigenvalue weighted by Gasteiger charge is -2.29. The van der Waals surface area contributed by atoms with Crippen molar-refractivity contribution in [1.29, 1.82) is 0 Å². The van der Waals surface area contributed by atoms with Crippen LogP contribution in [-0.2, 0) is 0 Å². The topological polar surface area (TPSA) is 85.0 Å². The van der Waals surface area contributed by atoms with Gasteiger partial charge in [0.15, 0.2) is 11.5 Å². The number of hydrogen-bond acceptors (Lipinski definition) is 7. The highest BCUT2D eigenvalue weighted by molar-refractivity contribution is 5.63. The molecule has 1 aliphatic heterocycles. The number of nitrogens with zero attached hydrogens (tertiary/aromatic N) is 5. The van der Waals surface area contributed by atoms with Crippen LogP contribution in [0.15, 0.2) is 43.4 Å². The van der Waals surface area contributed by atoms with E-state index < -0.39 is 0 Å². The fraction of sp³-hybridized carbons (Fsp3) is 0.316. The van der Waals surface area contributed by atoms with E-state index in [4.69, 9.17) is 9.47 Å². The summed E-state index contributed by atoms with van der Waals surface area (Å²) in [6.45, 7) is 7.70. The third kappa shape index (κ3) is 3.36. The average molecular weight is 367 g/mol. The van der Waals surface area contributed by atoms with Crippen molar-refractivity contribution in [3.63, 3.8) is 0 Å². The highest BCUT2D eigenvalue weighted by atomic mass is 16.7. The van der Waals surface area contributed by atoms with E-state index in [-0.39, 0.29) is 19.4 Å². The minimum Gasteiger partial charge on any atom is -0.454 e. The number of rotatable bonds is 7. The fourth-order valence-electron chi connectivity index (χ4n) is 3.25. The third-order valence-corrected chi connectivity index (χ3v) is 4.75. The maximum atomic E-state index is 9.56. The second-order valence-corrected chi connectivity index (χ2v) is 6.39. The Hall–Kier alpha value is -2.97. The van der Waals surface area contributed by atoms with Crippen LogP contribution in [0.5, 0.6) is 11.5 Å². The summed E-state index contributed by atoms with van der Waals surface area (Å²) in [5, 5.41) is 13.8. The number of benzene rings is 1. The van der Waals surface area contributed by atoms with Crippen molar-refractivity contribution in [1.82, 2.24) is 24.5 Å². The van der Waals surface area contributed by atoms with E-state index in [1.54, 1.807) is 10.7 Å². The second-order valence-electron chi connectivity index (χ2n) is 6.39. The van der Waals surface area contributed by atoms with Crippen LogP contribution >= 0.6 is 0 Å². The van der Waals surface area contributed by atoms with E-state index in [1.807, 2.05) is 24.3 Å². The molecule has 8 heteroatoms. The first-order valence-electron chi connectivity index (χ1n) is 8.74. The smallest absolute Gasteiger partial charge is 0.252 e. The highest BCUT2D eigenvalue weighted by Crippen LogP contribution is 2.35. The van der Waals surface area contributed by atoms with Crippen molar-refractivity contribution in [2.45, 2.75) is 13.0 Å². The molecule has 1 unspecified atom stereocenters. The zero-order valence-corrected chi connectivity index (χ0v) is 15.1. The van der Waals surface area contributed by atoms with Crippen molar-refractivity contribution < 1.29 is 14.6 Å². The summed E-state index contributed by atoms with van der Waals surface area (Å²) in [5.74, 6) is 2.04. The summed E-state index contributed by atoms with van der Waals surface area (Å²) in [6, 6.07) is 7.85. The Morgan fingerprint density at radius 3 is 3.00 bits per heavy atom. The summed E-state index contributed by atoms with van der Waals surface area (Å²) in [6.07, 6.45) is 3.17. The predicted octanol–water partition coefficient (Wildman–Crippen LogP) is 1.92. The van der Waals surface area contributed by atoms with Crippen molar-refractivity contribution in [3.8, 4) is 11.5 Å². The normalized spacial score (nSPS) is 14.0. The van der Waals surface area contributed by atoms with Crippen LogP contribution in [0.2, 0.25) is 0 Å². The molecule has 1 aromatic carbocycles. The van der Waals surface area contributed by atoms with Gasteiger partial charge < -0.3 is 14.6 Å². The first kappa shape index (κ1) is 17.4. The summed E-state index contributed by atoms with van der Waals surface area (Å²) in [5.41, 5.74) is 2.80. The van der Waals surface area contributed by atoms with Crippen LogP contribution in [0.1, 0.15) is 24.2 Å². The van der Waals surface area contributed by atoms with Crippen molar-refractivity contribution in [3.05, 3.63) is 54.6 Å². The maximum Gasteiger partial charge on any atom is 0.252 e. The van der Waals surface area contributed by atoms with Crippen molar-refractivity contribution in [2.75, 3.05) is 26.5 Å². The number of aromatic nitrogens is 4. The summed E-state index contributed by atoms with van der Waals surface area (Å²) in [7, 11) is 0. The van der Waals surface area contributed by atoms with Gasteiger partial charge in [-0.05, 0) is 36.3 Å². The molecule has 0 bridgehead atoms. The van der Waals surface area contributed by atoms with Crippen LogP contribution in [0.25, 0.3) is 11.4 Å². The van der Waals surface area contributed by atoms with Gasteiger partial charge in [-0.15, -0.1) is 0 Å². The standard InChI is InChI=1S/C19H21N5O3/c1-13(16-5-6-20-19-21-11-22-24(16)19)10-23(7-8-25)14(2)15-3-4-17-18(9-15)27-12-26-17/h3-6,9,11,14,25H,1,7-8,10,12H2,2H3. The van der Waals surface area contributed by atoms with Crippen LogP contribution in [0.4, 0.5) is 0 Å². The van der Waals surface area contributed by atoms with Gasteiger partial charge in [0.2, 0.25) is 6.79 Å². The Labute approximate surface area is 156 Å². The monoisotopic (exact) mass is 367 g/mol. The van der Waals surface area contributed by atoms with E-state index in [0.29, 0.717) is 18.9 Å². The lowest BCUT2D eigenvalue weighted by molar-refractivity contribution is 0.172. The molecule has 0 saturated carbocycles. The number of ether oxygens (including phenoxy) is 2. The molecule has 4 rings (SSSR count). The molecule has 0 radical (unpaired) electrons. The molecule has 0 fully saturated rings. The molecular weight excluding hydrogens is 346 g/mol. The zero-order valence-electron chi connectivity index (χ0n) is 15.1. The molecule has 1 atom stereocenters.